The van der Waals surface area contributed by atoms with Crippen molar-refractivity contribution >= 4 is 17.2 Å². The van der Waals surface area contributed by atoms with Gasteiger partial charge in [-0.25, -0.2) is 9.98 Å². The van der Waals surface area contributed by atoms with E-state index in [1.807, 2.05) is 13.0 Å². The average Bonchev–Trinajstić information content (AvgIpc) is 2.62. The van der Waals surface area contributed by atoms with Crippen LogP contribution in [-0.2, 0) is 0 Å². The van der Waals surface area contributed by atoms with E-state index >= 15 is 0 Å². The first-order valence-corrected chi connectivity index (χ1v) is 8.34. The third kappa shape index (κ3) is 4.51. The topological polar surface area (TPSA) is 130 Å². The van der Waals surface area contributed by atoms with E-state index in [0.717, 1.165) is 24.0 Å². The number of nitrogen functional groups attached to an aromatic ring is 1. The van der Waals surface area contributed by atoms with Crippen LogP contribution in [0.15, 0.2) is 41.4 Å². The maximum atomic E-state index is 9.12. The fourth-order valence-electron chi connectivity index (χ4n) is 2.83. The smallest absolute Gasteiger partial charge is 0.140 e. The minimum Gasteiger partial charge on any atom is -0.401 e. The number of aromatic nitrogens is 1. The highest BCUT2D eigenvalue weighted by atomic mass is 15.2. The molecule has 0 atom stereocenters. The van der Waals surface area contributed by atoms with E-state index in [1.165, 1.54) is 0 Å². The zero-order valence-electron chi connectivity index (χ0n) is 14.6. The number of nitriles is 1. The summed E-state index contributed by atoms with van der Waals surface area (Å²) in [5.41, 5.74) is 20.1. The van der Waals surface area contributed by atoms with E-state index in [9.17, 15) is 0 Å². The van der Waals surface area contributed by atoms with Crippen LogP contribution in [0.2, 0.25) is 0 Å². The van der Waals surface area contributed by atoms with Crippen LogP contribution in [0.1, 0.15) is 31.7 Å². The normalized spacial score (nSPS) is 17.0. The molecule has 0 spiro atoms. The van der Waals surface area contributed by atoms with Crippen molar-refractivity contribution in [3.63, 3.8) is 0 Å². The van der Waals surface area contributed by atoms with Crippen LogP contribution >= 0.6 is 0 Å². The van der Waals surface area contributed by atoms with Crippen LogP contribution in [0.3, 0.4) is 0 Å². The number of pyridine rings is 1. The second-order valence-electron chi connectivity index (χ2n) is 6.04. The largest absolute Gasteiger partial charge is 0.401 e. The zero-order valence-corrected chi connectivity index (χ0v) is 14.6. The Balaban J connectivity index is 2.47. The van der Waals surface area contributed by atoms with Gasteiger partial charge in [0.2, 0.25) is 0 Å². The summed E-state index contributed by atoms with van der Waals surface area (Å²) >= 11 is 0. The molecule has 1 aromatic heterocycles. The molecule has 132 valence electrons. The molecule has 1 fully saturated rings. The molecule has 0 radical (unpaired) electrons. The van der Waals surface area contributed by atoms with Crippen LogP contribution in [0.4, 0.5) is 5.82 Å². The number of allylic oxidation sites excluding steroid dienone is 1. The van der Waals surface area contributed by atoms with Gasteiger partial charge in [-0.05, 0) is 31.4 Å². The molecule has 1 aliphatic rings. The van der Waals surface area contributed by atoms with E-state index in [1.54, 1.807) is 12.3 Å². The third-order valence-electron chi connectivity index (χ3n) is 4.23. The lowest BCUT2D eigenvalue weighted by molar-refractivity contribution is 0.304. The maximum Gasteiger partial charge on any atom is 0.140 e. The van der Waals surface area contributed by atoms with Crippen LogP contribution in [0.5, 0.6) is 0 Å². The van der Waals surface area contributed by atoms with Gasteiger partial charge in [0.1, 0.15) is 17.5 Å². The Bertz CT molecular complexity index is 717. The minimum atomic E-state index is 0.0766. The summed E-state index contributed by atoms with van der Waals surface area (Å²) in [4.78, 5) is 10.7. The number of hydrogen-bond acceptors (Lipinski definition) is 6. The molecule has 0 unspecified atom stereocenters. The lowest BCUT2D eigenvalue weighted by Crippen LogP contribution is -2.39. The Morgan fingerprint density at radius 2 is 2.08 bits per heavy atom. The van der Waals surface area contributed by atoms with Crippen molar-refractivity contribution < 1.29 is 0 Å². The van der Waals surface area contributed by atoms with Gasteiger partial charge in [-0.3, -0.25) is 0 Å². The molecular weight excluding hydrogens is 314 g/mol. The van der Waals surface area contributed by atoms with Gasteiger partial charge in [-0.2, -0.15) is 5.26 Å². The summed E-state index contributed by atoms with van der Waals surface area (Å²) in [6.45, 7) is 7.12. The highest BCUT2D eigenvalue weighted by Crippen LogP contribution is 2.26. The number of piperidine rings is 1. The number of nitrogens with two attached hydrogens (primary N) is 3. The van der Waals surface area contributed by atoms with Crippen molar-refractivity contribution in [1.29, 1.82) is 5.26 Å². The van der Waals surface area contributed by atoms with Crippen LogP contribution in [0.25, 0.3) is 5.57 Å². The molecule has 25 heavy (non-hydrogen) atoms. The molecule has 0 aliphatic carbocycles. The Labute approximate surface area is 148 Å². The number of nitrogens with zero attached hydrogens (tertiary/aromatic N) is 4. The van der Waals surface area contributed by atoms with Crippen molar-refractivity contribution in [3.05, 3.63) is 42.0 Å². The van der Waals surface area contributed by atoms with Crippen molar-refractivity contribution in [1.82, 2.24) is 9.88 Å². The zero-order chi connectivity index (χ0) is 18.4. The summed E-state index contributed by atoms with van der Waals surface area (Å²) in [6, 6.07) is 5.94. The SMILES string of the molecule is C=C(N)N=C(/C(=C(\N)CC)c1ccc(N)nc1)N1CCC(C#N)CC1. The molecule has 1 saturated heterocycles. The summed E-state index contributed by atoms with van der Waals surface area (Å²) in [7, 11) is 0. The quantitative estimate of drug-likeness (QED) is 0.566. The first kappa shape index (κ1) is 18.3. The van der Waals surface area contributed by atoms with Gasteiger partial charge in [0, 0.05) is 42.0 Å². The molecule has 0 bridgehead atoms. The van der Waals surface area contributed by atoms with Gasteiger partial charge in [0.05, 0.1) is 6.07 Å². The fraction of sp³-hybridized carbons (Fsp3) is 0.389. The van der Waals surface area contributed by atoms with Gasteiger partial charge in [-0.15, -0.1) is 0 Å². The predicted molar refractivity (Wildman–Crippen MR) is 101 cm³/mol. The minimum absolute atomic E-state index is 0.0766. The van der Waals surface area contributed by atoms with Crippen LogP contribution in [-0.4, -0.2) is 28.8 Å². The Kier molecular flexibility index (Phi) is 6.01. The number of aliphatic imine (C=N–C) groups is 1. The number of hydrogen-bond donors (Lipinski definition) is 3. The number of amidine groups is 1. The lowest BCUT2D eigenvalue weighted by atomic mass is 9.96. The Morgan fingerprint density at radius 3 is 2.56 bits per heavy atom. The fourth-order valence-corrected chi connectivity index (χ4v) is 2.83. The van der Waals surface area contributed by atoms with Crippen molar-refractivity contribution in [3.8, 4) is 6.07 Å². The molecule has 0 amide bonds. The summed E-state index contributed by atoms with van der Waals surface area (Å²) < 4.78 is 0. The van der Waals surface area contributed by atoms with Crippen molar-refractivity contribution in [2.24, 2.45) is 22.4 Å². The molecule has 2 rings (SSSR count). The van der Waals surface area contributed by atoms with E-state index in [-0.39, 0.29) is 11.7 Å². The van der Waals surface area contributed by atoms with Crippen LogP contribution < -0.4 is 17.2 Å². The molecule has 0 aromatic carbocycles. The first-order chi connectivity index (χ1) is 12.0. The van der Waals surface area contributed by atoms with E-state index in [2.05, 4.69) is 27.5 Å². The number of anilines is 1. The monoisotopic (exact) mass is 339 g/mol. The number of rotatable bonds is 4. The molecule has 7 nitrogen and oxygen atoms in total. The highest BCUT2D eigenvalue weighted by Gasteiger charge is 2.25. The summed E-state index contributed by atoms with van der Waals surface area (Å²) in [5, 5.41) is 9.12. The molecule has 0 saturated carbocycles. The summed E-state index contributed by atoms with van der Waals surface area (Å²) in [5.74, 6) is 1.40. The molecule has 1 aromatic rings. The van der Waals surface area contributed by atoms with Crippen molar-refractivity contribution in [2.75, 3.05) is 18.8 Å². The van der Waals surface area contributed by atoms with E-state index in [4.69, 9.17) is 22.5 Å². The predicted octanol–water partition coefficient (Wildman–Crippen LogP) is 1.81. The molecule has 7 heteroatoms. The Hall–Kier alpha value is -3.01. The maximum absolute atomic E-state index is 9.12. The van der Waals surface area contributed by atoms with Gasteiger partial charge >= 0.3 is 0 Å². The van der Waals surface area contributed by atoms with Crippen LogP contribution in [0, 0.1) is 17.2 Å². The van der Waals surface area contributed by atoms with Crippen molar-refractivity contribution in [2.45, 2.75) is 26.2 Å². The number of likely N-dealkylation sites (tertiary alicyclic amines) is 1. The first-order valence-electron chi connectivity index (χ1n) is 8.34. The third-order valence-corrected chi connectivity index (χ3v) is 4.23. The second-order valence-corrected chi connectivity index (χ2v) is 6.04. The van der Waals surface area contributed by atoms with Gasteiger partial charge < -0.3 is 22.1 Å². The average molecular weight is 339 g/mol. The molecule has 2 heterocycles. The molecule has 1 aliphatic heterocycles. The molecular formula is C18H25N7. The van der Waals surface area contributed by atoms with Gasteiger partial charge in [0.25, 0.3) is 0 Å². The lowest BCUT2D eigenvalue weighted by Gasteiger charge is -2.33. The molecule has 6 N–H and O–H groups in total. The van der Waals surface area contributed by atoms with Gasteiger partial charge in [-0.1, -0.05) is 13.5 Å². The Morgan fingerprint density at radius 1 is 1.40 bits per heavy atom. The van der Waals surface area contributed by atoms with E-state index < -0.39 is 0 Å². The standard InChI is InChI=1S/C18H25N7/c1-3-15(21)17(14-4-5-16(22)23-11-14)18(24-12(2)20)25-8-6-13(10-19)7-9-25/h4-5,11,13H,2-3,6-9,20-21H2,1H3,(H2,22,23)/b17-15-,24-18?. The highest BCUT2D eigenvalue weighted by molar-refractivity contribution is 6.23. The summed E-state index contributed by atoms with van der Waals surface area (Å²) in [6.07, 6.45) is 3.91. The second kappa shape index (κ2) is 8.20. The van der Waals surface area contributed by atoms with E-state index in [0.29, 0.717) is 36.9 Å². The van der Waals surface area contributed by atoms with Gasteiger partial charge in [0.15, 0.2) is 0 Å².